The van der Waals surface area contributed by atoms with Crippen LogP contribution in [0.5, 0.6) is 5.75 Å². The van der Waals surface area contributed by atoms with Crippen molar-refractivity contribution in [2.45, 2.75) is 32.4 Å². The Balaban J connectivity index is 1.56. The van der Waals surface area contributed by atoms with E-state index in [-0.39, 0.29) is 24.3 Å². The van der Waals surface area contributed by atoms with Crippen LogP contribution in [0.2, 0.25) is 0 Å². The smallest absolute Gasteiger partial charge is 0.236 e. The second kappa shape index (κ2) is 7.38. The maximum atomic E-state index is 12.6. The van der Waals surface area contributed by atoms with Crippen LogP contribution in [0.3, 0.4) is 0 Å². The number of carbonyl (C=O) groups is 2. The van der Waals surface area contributed by atoms with Crippen molar-refractivity contribution in [3.8, 4) is 5.75 Å². The summed E-state index contributed by atoms with van der Waals surface area (Å²) in [6.45, 7) is 2.40. The largest absolute Gasteiger partial charge is 0.497 e. The van der Waals surface area contributed by atoms with Gasteiger partial charge >= 0.3 is 0 Å². The zero-order valence-corrected chi connectivity index (χ0v) is 14.5. The average Bonchev–Trinajstić information content (AvgIpc) is 2.96. The van der Waals surface area contributed by atoms with Gasteiger partial charge in [0.15, 0.2) is 0 Å². The van der Waals surface area contributed by atoms with Gasteiger partial charge in [-0.2, -0.15) is 0 Å². The summed E-state index contributed by atoms with van der Waals surface area (Å²) < 4.78 is 5.11. The van der Waals surface area contributed by atoms with Crippen molar-refractivity contribution >= 4 is 17.5 Å². The minimum Gasteiger partial charge on any atom is -0.497 e. The van der Waals surface area contributed by atoms with E-state index in [0.717, 1.165) is 29.0 Å². The predicted molar refractivity (Wildman–Crippen MR) is 96.6 cm³/mol. The Hall–Kier alpha value is -2.82. The van der Waals surface area contributed by atoms with Crippen LogP contribution in [-0.4, -0.2) is 25.0 Å². The second-order valence-electron chi connectivity index (χ2n) is 6.25. The molecule has 0 fully saturated rings. The van der Waals surface area contributed by atoms with Crippen molar-refractivity contribution in [2.75, 3.05) is 12.0 Å². The highest BCUT2D eigenvalue weighted by Crippen LogP contribution is 2.32. The van der Waals surface area contributed by atoms with Crippen LogP contribution in [0.25, 0.3) is 0 Å². The molecule has 2 aromatic rings. The number of hydrogen-bond acceptors (Lipinski definition) is 3. The number of fused-ring (bicyclic) bond motifs is 1. The van der Waals surface area contributed by atoms with E-state index >= 15 is 0 Å². The molecule has 5 heteroatoms. The van der Waals surface area contributed by atoms with E-state index in [2.05, 4.69) is 5.32 Å². The standard InChI is InChI=1S/C20H22N2O3/c1-14-11-16-5-3-4-6-18(16)22(14)20(24)12-19(23)21-13-15-7-9-17(25-2)10-8-15/h3-10,14H,11-13H2,1-2H3,(H,21,23). The summed E-state index contributed by atoms with van der Waals surface area (Å²) in [5, 5.41) is 2.80. The summed E-state index contributed by atoms with van der Waals surface area (Å²) in [4.78, 5) is 26.5. The molecule has 1 aliphatic rings. The van der Waals surface area contributed by atoms with E-state index in [0.29, 0.717) is 6.54 Å². The monoisotopic (exact) mass is 338 g/mol. The molecule has 0 bridgehead atoms. The van der Waals surface area contributed by atoms with Gasteiger partial charge in [-0.25, -0.2) is 0 Å². The highest BCUT2D eigenvalue weighted by molar-refractivity contribution is 6.06. The van der Waals surface area contributed by atoms with Crippen LogP contribution < -0.4 is 15.0 Å². The second-order valence-corrected chi connectivity index (χ2v) is 6.25. The molecule has 1 unspecified atom stereocenters. The Morgan fingerprint density at radius 1 is 1.16 bits per heavy atom. The molecule has 5 nitrogen and oxygen atoms in total. The van der Waals surface area contributed by atoms with Gasteiger partial charge in [-0.05, 0) is 42.7 Å². The molecule has 0 saturated carbocycles. The lowest BCUT2D eigenvalue weighted by molar-refractivity contribution is -0.128. The highest BCUT2D eigenvalue weighted by atomic mass is 16.5. The lowest BCUT2D eigenvalue weighted by Crippen LogP contribution is -2.39. The zero-order valence-electron chi connectivity index (χ0n) is 14.5. The van der Waals surface area contributed by atoms with Gasteiger partial charge in [0.1, 0.15) is 12.2 Å². The van der Waals surface area contributed by atoms with Gasteiger partial charge in [-0.15, -0.1) is 0 Å². The average molecular weight is 338 g/mol. The molecule has 0 aliphatic carbocycles. The first-order valence-electron chi connectivity index (χ1n) is 8.38. The quantitative estimate of drug-likeness (QED) is 0.853. The third-order valence-electron chi connectivity index (χ3n) is 4.44. The Morgan fingerprint density at radius 3 is 2.60 bits per heavy atom. The Morgan fingerprint density at radius 2 is 1.88 bits per heavy atom. The minimum atomic E-state index is -0.266. The number of amides is 2. The highest BCUT2D eigenvalue weighted by Gasteiger charge is 2.31. The molecule has 1 N–H and O–H groups in total. The fourth-order valence-corrected chi connectivity index (χ4v) is 3.17. The molecule has 0 aromatic heterocycles. The molecular weight excluding hydrogens is 316 g/mol. The lowest BCUT2D eigenvalue weighted by Gasteiger charge is -2.22. The van der Waals surface area contributed by atoms with Crippen molar-refractivity contribution in [1.82, 2.24) is 5.32 Å². The number of ether oxygens (including phenoxy) is 1. The molecule has 0 saturated heterocycles. The van der Waals surface area contributed by atoms with E-state index in [9.17, 15) is 9.59 Å². The molecule has 2 amide bonds. The van der Waals surface area contributed by atoms with Crippen molar-refractivity contribution in [2.24, 2.45) is 0 Å². The maximum Gasteiger partial charge on any atom is 0.236 e. The summed E-state index contributed by atoms with van der Waals surface area (Å²) in [6, 6.07) is 15.4. The SMILES string of the molecule is COc1ccc(CNC(=O)CC(=O)N2c3ccccc3CC2C)cc1. The number of anilines is 1. The molecule has 0 spiro atoms. The summed E-state index contributed by atoms with van der Waals surface area (Å²) >= 11 is 0. The van der Waals surface area contributed by atoms with Gasteiger partial charge in [0.2, 0.25) is 11.8 Å². The first-order valence-corrected chi connectivity index (χ1v) is 8.38. The molecule has 1 heterocycles. The summed E-state index contributed by atoms with van der Waals surface area (Å²) in [5.41, 5.74) is 3.03. The molecule has 130 valence electrons. The molecule has 2 aromatic carbocycles. The van der Waals surface area contributed by atoms with Gasteiger partial charge in [0, 0.05) is 18.3 Å². The van der Waals surface area contributed by atoms with E-state index in [1.807, 2.05) is 55.5 Å². The van der Waals surface area contributed by atoms with Crippen LogP contribution in [0.15, 0.2) is 48.5 Å². The van der Waals surface area contributed by atoms with Crippen molar-refractivity contribution in [1.29, 1.82) is 0 Å². The van der Waals surface area contributed by atoms with Gasteiger partial charge < -0.3 is 15.0 Å². The first-order chi connectivity index (χ1) is 12.1. The van der Waals surface area contributed by atoms with E-state index < -0.39 is 0 Å². The molecule has 0 radical (unpaired) electrons. The van der Waals surface area contributed by atoms with Crippen molar-refractivity contribution in [3.05, 3.63) is 59.7 Å². The first kappa shape index (κ1) is 17.0. The topological polar surface area (TPSA) is 58.6 Å². The van der Waals surface area contributed by atoms with Gasteiger partial charge in [-0.1, -0.05) is 30.3 Å². The number of carbonyl (C=O) groups excluding carboxylic acids is 2. The normalized spacial score (nSPS) is 15.6. The number of nitrogens with zero attached hydrogens (tertiary/aromatic N) is 1. The van der Waals surface area contributed by atoms with E-state index in [1.165, 1.54) is 0 Å². The Kier molecular flexibility index (Phi) is 5.03. The van der Waals surface area contributed by atoms with Crippen LogP contribution in [-0.2, 0) is 22.6 Å². The van der Waals surface area contributed by atoms with Gasteiger partial charge in [0.25, 0.3) is 0 Å². The number of hydrogen-bond donors (Lipinski definition) is 1. The third-order valence-corrected chi connectivity index (χ3v) is 4.44. The lowest BCUT2D eigenvalue weighted by atomic mass is 10.1. The van der Waals surface area contributed by atoms with Crippen LogP contribution in [0.1, 0.15) is 24.5 Å². The van der Waals surface area contributed by atoms with Crippen molar-refractivity contribution < 1.29 is 14.3 Å². The fourth-order valence-electron chi connectivity index (χ4n) is 3.17. The fraction of sp³-hybridized carbons (Fsp3) is 0.300. The van der Waals surface area contributed by atoms with Crippen LogP contribution >= 0.6 is 0 Å². The predicted octanol–water partition coefficient (Wildman–Crippen LogP) is 2.68. The van der Waals surface area contributed by atoms with E-state index in [4.69, 9.17) is 4.74 Å². The Labute approximate surface area is 147 Å². The third kappa shape index (κ3) is 3.82. The van der Waals surface area contributed by atoms with Crippen LogP contribution in [0, 0.1) is 0 Å². The van der Waals surface area contributed by atoms with Crippen molar-refractivity contribution in [3.63, 3.8) is 0 Å². The van der Waals surface area contributed by atoms with E-state index in [1.54, 1.807) is 12.0 Å². The minimum absolute atomic E-state index is 0.0827. The molecule has 25 heavy (non-hydrogen) atoms. The number of benzene rings is 2. The van der Waals surface area contributed by atoms with Crippen LogP contribution in [0.4, 0.5) is 5.69 Å². The summed E-state index contributed by atoms with van der Waals surface area (Å²) in [5.74, 6) is 0.342. The number of rotatable bonds is 5. The summed E-state index contributed by atoms with van der Waals surface area (Å²) in [6.07, 6.45) is 0.685. The maximum absolute atomic E-state index is 12.6. The molecule has 1 atom stereocenters. The molecule has 3 rings (SSSR count). The number of methoxy groups -OCH3 is 1. The number of para-hydroxylation sites is 1. The molecular formula is C20H22N2O3. The van der Waals surface area contributed by atoms with Gasteiger partial charge in [-0.3, -0.25) is 9.59 Å². The summed E-state index contributed by atoms with van der Waals surface area (Å²) in [7, 11) is 1.61. The number of nitrogens with one attached hydrogen (secondary N) is 1. The zero-order chi connectivity index (χ0) is 17.8. The van der Waals surface area contributed by atoms with Gasteiger partial charge in [0.05, 0.1) is 7.11 Å². The Bertz CT molecular complexity index is 771. The molecule has 1 aliphatic heterocycles.